The second-order valence-electron chi connectivity index (χ2n) is 4.01. The van der Waals surface area contributed by atoms with Gasteiger partial charge in [-0.05, 0) is 32.0 Å². The third-order valence-electron chi connectivity index (χ3n) is 2.49. The highest BCUT2D eigenvalue weighted by Crippen LogP contribution is 2.28. The number of hydrogen-bond acceptors (Lipinski definition) is 4. The predicted molar refractivity (Wildman–Crippen MR) is 82.3 cm³/mol. The zero-order valence-electron chi connectivity index (χ0n) is 11.8. The summed E-state index contributed by atoms with van der Waals surface area (Å²) in [7, 11) is 0. The van der Waals surface area contributed by atoms with Crippen LogP contribution in [0.2, 0.25) is 0 Å². The fourth-order valence-electron chi connectivity index (χ4n) is 1.59. The molecule has 110 valence electrons. The minimum Gasteiger partial charge on any atom is -0.490 e. The van der Waals surface area contributed by atoms with Crippen LogP contribution in [0.25, 0.3) is 0 Å². The van der Waals surface area contributed by atoms with Crippen molar-refractivity contribution in [2.24, 2.45) is 5.73 Å². The number of carbonyl (C=O) groups is 1. The summed E-state index contributed by atoms with van der Waals surface area (Å²) in [4.78, 5) is 11.6. The molecule has 0 aromatic heterocycles. The van der Waals surface area contributed by atoms with Crippen LogP contribution in [0.1, 0.15) is 25.8 Å². The third kappa shape index (κ3) is 5.05. The molecule has 0 unspecified atom stereocenters. The van der Waals surface area contributed by atoms with E-state index in [1.54, 1.807) is 18.2 Å². The number of hydrogen-bond donors (Lipinski definition) is 2. The largest absolute Gasteiger partial charge is 0.490 e. The maximum atomic E-state index is 11.3. The molecule has 1 rings (SSSR count). The van der Waals surface area contributed by atoms with E-state index in [1.807, 2.05) is 13.8 Å². The van der Waals surface area contributed by atoms with E-state index in [-0.39, 0.29) is 5.91 Å². The van der Waals surface area contributed by atoms with Crippen molar-refractivity contribution < 1.29 is 14.3 Å². The van der Waals surface area contributed by atoms with Crippen LogP contribution in [0.5, 0.6) is 11.5 Å². The SMILES string of the molecule is CCNC(=O)CCOc1ccc(C(N)=S)cc1OCC. The standard InChI is InChI=1S/C14H20N2O3S/c1-3-16-13(17)7-8-19-11-6-5-10(14(15)20)9-12(11)18-4-2/h5-6,9H,3-4,7-8H2,1-2H3,(H2,15,20)(H,16,17). The topological polar surface area (TPSA) is 73.6 Å². The Hall–Kier alpha value is -1.82. The fraction of sp³-hybridized carbons (Fsp3) is 0.429. The smallest absolute Gasteiger partial charge is 0.223 e. The first kappa shape index (κ1) is 16.2. The van der Waals surface area contributed by atoms with Crippen molar-refractivity contribution in [1.82, 2.24) is 5.32 Å². The van der Waals surface area contributed by atoms with E-state index < -0.39 is 0 Å². The van der Waals surface area contributed by atoms with Crippen molar-refractivity contribution >= 4 is 23.1 Å². The summed E-state index contributed by atoms with van der Waals surface area (Å²) in [5.74, 6) is 1.12. The lowest BCUT2D eigenvalue weighted by atomic mass is 10.2. The molecule has 0 aliphatic carbocycles. The number of carbonyl (C=O) groups excluding carboxylic acids is 1. The molecule has 0 saturated carbocycles. The Morgan fingerprint density at radius 1 is 1.30 bits per heavy atom. The number of thiocarbonyl (C=S) groups is 1. The number of rotatable bonds is 8. The van der Waals surface area contributed by atoms with E-state index in [9.17, 15) is 4.79 Å². The summed E-state index contributed by atoms with van der Waals surface area (Å²) < 4.78 is 11.1. The van der Waals surface area contributed by atoms with Gasteiger partial charge in [-0.3, -0.25) is 4.79 Å². The summed E-state index contributed by atoms with van der Waals surface area (Å²) >= 11 is 4.93. The second kappa shape index (κ2) is 8.37. The number of benzene rings is 1. The minimum absolute atomic E-state index is 0.0368. The monoisotopic (exact) mass is 296 g/mol. The predicted octanol–water partition coefficient (Wildman–Crippen LogP) is 1.62. The molecule has 0 heterocycles. The molecule has 1 amide bonds. The van der Waals surface area contributed by atoms with Gasteiger partial charge in [-0.1, -0.05) is 12.2 Å². The molecule has 0 spiro atoms. The van der Waals surface area contributed by atoms with Gasteiger partial charge < -0.3 is 20.5 Å². The van der Waals surface area contributed by atoms with Crippen molar-refractivity contribution in [3.8, 4) is 11.5 Å². The Morgan fingerprint density at radius 3 is 2.65 bits per heavy atom. The highest BCUT2D eigenvalue weighted by Gasteiger charge is 2.09. The van der Waals surface area contributed by atoms with Gasteiger partial charge in [0.25, 0.3) is 0 Å². The van der Waals surface area contributed by atoms with Crippen LogP contribution in [0, 0.1) is 0 Å². The van der Waals surface area contributed by atoms with Crippen LogP contribution >= 0.6 is 12.2 Å². The first-order valence-corrected chi connectivity index (χ1v) is 6.95. The molecular weight excluding hydrogens is 276 g/mol. The Kier molecular flexibility index (Phi) is 6.79. The van der Waals surface area contributed by atoms with Crippen LogP contribution < -0.4 is 20.5 Å². The van der Waals surface area contributed by atoms with Crippen LogP contribution in [0.3, 0.4) is 0 Å². The van der Waals surface area contributed by atoms with Gasteiger partial charge in [-0.25, -0.2) is 0 Å². The summed E-state index contributed by atoms with van der Waals surface area (Å²) in [5, 5.41) is 2.71. The summed E-state index contributed by atoms with van der Waals surface area (Å²) in [5.41, 5.74) is 6.31. The number of nitrogens with two attached hydrogens (primary N) is 1. The van der Waals surface area contributed by atoms with Crippen molar-refractivity contribution in [1.29, 1.82) is 0 Å². The normalized spacial score (nSPS) is 9.90. The highest BCUT2D eigenvalue weighted by molar-refractivity contribution is 7.80. The molecule has 0 saturated heterocycles. The van der Waals surface area contributed by atoms with E-state index in [4.69, 9.17) is 27.4 Å². The van der Waals surface area contributed by atoms with Crippen LogP contribution in [0.15, 0.2) is 18.2 Å². The zero-order valence-corrected chi connectivity index (χ0v) is 12.6. The Labute approximate surface area is 124 Å². The van der Waals surface area contributed by atoms with Gasteiger partial charge in [0.1, 0.15) is 4.99 Å². The van der Waals surface area contributed by atoms with Gasteiger partial charge in [-0.15, -0.1) is 0 Å². The summed E-state index contributed by atoms with van der Waals surface area (Å²) in [6.07, 6.45) is 0.302. The summed E-state index contributed by atoms with van der Waals surface area (Å²) in [6.45, 7) is 5.17. The Balaban J connectivity index is 2.68. The highest BCUT2D eigenvalue weighted by atomic mass is 32.1. The average Bonchev–Trinajstić information content (AvgIpc) is 2.40. The van der Waals surface area contributed by atoms with Gasteiger partial charge in [0.2, 0.25) is 5.91 Å². The Bertz CT molecular complexity index is 477. The van der Waals surface area contributed by atoms with Crippen LogP contribution in [0.4, 0.5) is 0 Å². The van der Waals surface area contributed by atoms with Gasteiger partial charge in [0.15, 0.2) is 11.5 Å². The van der Waals surface area contributed by atoms with Crippen molar-refractivity contribution in [3.63, 3.8) is 0 Å². The quantitative estimate of drug-likeness (QED) is 0.713. The average molecular weight is 296 g/mol. The number of amides is 1. The van der Waals surface area contributed by atoms with E-state index in [1.165, 1.54) is 0 Å². The van der Waals surface area contributed by atoms with Crippen LogP contribution in [-0.2, 0) is 4.79 Å². The van der Waals surface area contributed by atoms with Gasteiger partial charge in [0.05, 0.1) is 19.6 Å². The second-order valence-corrected chi connectivity index (χ2v) is 4.45. The molecule has 20 heavy (non-hydrogen) atoms. The maximum Gasteiger partial charge on any atom is 0.223 e. The Morgan fingerprint density at radius 2 is 2.05 bits per heavy atom. The zero-order chi connectivity index (χ0) is 15.0. The van der Waals surface area contributed by atoms with Crippen molar-refractivity contribution in [2.45, 2.75) is 20.3 Å². The van der Waals surface area contributed by atoms with E-state index >= 15 is 0 Å². The van der Waals surface area contributed by atoms with Gasteiger partial charge >= 0.3 is 0 Å². The molecule has 3 N–H and O–H groups in total. The van der Waals surface area contributed by atoms with Crippen LogP contribution in [-0.4, -0.2) is 30.7 Å². The van der Waals surface area contributed by atoms with E-state index in [0.29, 0.717) is 42.7 Å². The maximum absolute atomic E-state index is 11.3. The first-order chi connectivity index (χ1) is 9.58. The molecule has 0 radical (unpaired) electrons. The minimum atomic E-state index is -0.0368. The molecule has 5 nitrogen and oxygen atoms in total. The number of ether oxygens (including phenoxy) is 2. The van der Waals surface area contributed by atoms with Gasteiger partial charge in [0, 0.05) is 12.1 Å². The molecule has 1 aromatic carbocycles. The lowest BCUT2D eigenvalue weighted by molar-refractivity contribution is -0.121. The summed E-state index contributed by atoms with van der Waals surface area (Å²) in [6, 6.07) is 5.26. The van der Waals surface area contributed by atoms with Crippen molar-refractivity contribution in [3.05, 3.63) is 23.8 Å². The molecular formula is C14H20N2O3S. The molecule has 0 aliphatic heterocycles. The van der Waals surface area contributed by atoms with E-state index in [0.717, 1.165) is 5.56 Å². The number of nitrogens with one attached hydrogen (secondary N) is 1. The lowest BCUT2D eigenvalue weighted by Gasteiger charge is -2.13. The first-order valence-electron chi connectivity index (χ1n) is 6.54. The third-order valence-corrected chi connectivity index (χ3v) is 2.72. The van der Waals surface area contributed by atoms with Gasteiger partial charge in [-0.2, -0.15) is 0 Å². The molecule has 0 bridgehead atoms. The molecule has 0 fully saturated rings. The molecule has 6 heteroatoms. The molecule has 1 aromatic rings. The molecule has 0 aliphatic rings. The van der Waals surface area contributed by atoms with E-state index in [2.05, 4.69) is 5.32 Å². The fourth-order valence-corrected chi connectivity index (χ4v) is 1.72. The molecule has 0 atom stereocenters. The van der Waals surface area contributed by atoms with Crippen molar-refractivity contribution in [2.75, 3.05) is 19.8 Å². The lowest BCUT2D eigenvalue weighted by Crippen LogP contribution is -2.24.